The van der Waals surface area contributed by atoms with Crippen molar-refractivity contribution in [3.05, 3.63) is 12.3 Å². The van der Waals surface area contributed by atoms with Gasteiger partial charge < -0.3 is 29.3 Å². The van der Waals surface area contributed by atoms with Crippen molar-refractivity contribution in [1.82, 2.24) is 5.32 Å². The Balaban J connectivity index is 0.000000980. The van der Waals surface area contributed by atoms with E-state index in [2.05, 4.69) is 36.0 Å². The van der Waals surface area contributed by atoms with Crippen LogP contribution in [0.25, 0.3) is 0 Å². The Morgan fingerprint density at radius 3 is 2.50 bits per heavy atom. The first-order valence-corrected chi connectivity index (χ1v) is 5.22. The lowest BCUT2D eigenvalue weighted by atomic mass is 9.94. The maximum atomic E-state index is 3.38. The molecule has 0 amide bonds. The van der Waals surface area contributed by atoms with Crippen LogP contribution >= 0.6 is 0 Å². The molecule has 1 fully saturated rings. The topological polar surface area (TPSA) is 15.0 Å². The minimum Gasteiger partial charge on any atom is -1.00 e. The molecule has 0 aromatic carbocycles. The molecule has 0 unspecified atom stereocenters. The van der Waals surface area contributed by atoms with Crippen molar-refractivity contribution in [2.75, 3.05) is 13.1 Å². The third kappa shape index (κ3) is 2.72. The van der Waals surface area contributed by atoms with Gasteiger partial charge in [0.2, 0.25) is 0 Å². The van der Waals surface area contributed by atoms with Crippen molar-refractivity contribution in [2.24, 2.45) is 0 Å². The quantitative estimate of drug-likeness (QED) is 0.426. The molecule has 0 aliphatic carbocycles. The molecule has 0 atom stereocenters. The molecule has 0 aromatic heterocycles. The van der Waals surface area contributed by atoms with Gasteiger partial charge in [0.05, 0.1) is 6.42 Å². The molecule has 0 aromatic rings. The Morgan fingerprint density at radius 1 is 1.29 bits per heavy atom. The Hall–Kier alpha value is -0.0600. The zero-order valence-electron chi connectivity index (χ0n) is 9.02. The summed E-state index contributed by atoms with van der Waals surface area (Å²) in [5.41, 5.74) is 1.76. The molecule has 1 N–H and O–H groups in total. The van der Waals surface area contributed by atoms with E-state index in [4.69, 9.17) is 0 Å². The van der Waals surface area contributed by atoms with Crippen molar-refractivity contribution in [1.29, 1.82) is 0 Å². The molecule has 2 rings (SSSR count). The largest absolute Gasteiger partial charge is 1.00 e. The Labute approximate surface area is 103 Å². The van der Waals surface area contributed by atoms with Crippen LogP contribution in [-0.2, 0) is 0 Å². The van der Waals surface area contributed by atoms with Crippen LogP contribution in [0.15, 0.2) is 12.3 Å². The summed E-state index contributed by atoms with van der Waals surface area (Å²) in [6, 6.07) is 0. The second kappa shape index (κ2) is 4.64. The molecule has 14 heavy (non-hydrogen) atoms. The van der Waals surface area contributed by atoms with Gasteiger partial charge >= 0.3 is 0 Å². The van der Waals surface area contributed by atoms with Gasteiger partial charge in [-0.05, 0) is 13.8 Å². The van der Waals surface area contributed by atoms with Crippen molar-refractivity contribution < 1.29 is 28.6 Å². The molecule has 2 aliphatic rings. The summed E-state index contributed by atoms with van der Waals surface area (Å²) < 4.78 is 2.53. The van der Waals surface area contributed by atoms with Gasteiger partial charge in [-0.2, -0.15) is 0 Å². The first-order chi connectivity index (χ1) is 6.17. The van der Waals surface area contributed by atoms with Gasteiger partial charge in [0.1, 0.15) is 13.1 Å². The van der Waals surface area contributed by atoms with Gasteiger partial charge in [-0.3, -0.25) is 0 Å². The van der Waals surface area contributed by atoms with Gasteiger partial charge in [0.15, 0.2) is 5.71 Å². The highest BCUT2D eigenvalue weighted by Gasteiger charge is 2.27. The lowest BCUT2D eigenvalue weighted by molar-refractivity contribution is -0.506. The molecule has 2 nitrogen and oxygen atoms in total. The molecular weight excluding hydrogens is 287 g/mol. The van der Waals surface area contributed by atoms with Crippen LogP contribution in [0.3, 0.4) is 0 Å². The molecule has 0 saturated carbocycles. The highest BCUT2D eigenvalue weighted by Crippen LogP contribution is 2.15. The summed E-state index contributed by atoms with van der Waals surface area (Å²) in [6.07, 6.45) is 8.22. The van der Waals surface area contributed by atoms with Crippen LogP contribution in [0.1, 0.15) is 33.1 Å². The van der Waals surface area contributed by atoms with Gasteiger partial charge in [-0.15, -0.1) is 0 Å². The summed E-state index contributed by atoms with van der Waals surface area (Å²) >= 11 is 0. The van der Waals surface area contributed by atoms with Crippen LogP contribution in [0.5, 0.6) is 0 Å². The average molecular weight is 306 g/mol. The minimum atomic E-state index is 0. The second-order valence-corrected chi connectivity index (χ2v) is 4.72. The second-order valence-electron chi connectivity index (χ2n) is 4.72. The van der Waals surface area contributed by atoms with E-state index < -0.39 is 0 Å². The van der Waals surface area contributed by atoms with Gasteiger partial charge in [-0.1, -0.05) is 0 Å². The lowest BCUT2D eigenvalue weighted by Crippen LogP contribution is -3.00. The van der Waals surface area contributed by atoms with Crippen molar-refractivity contribution in [3.8, 4) is 0 Å². The summed E-state index contributed by atoms with van der Waals surface area (Å²) in [5.74, 6) is 0. The summed E-state index contributed by atoms with van der Waals surface area (Å²) in [4.78, 5) is 0. The average Bonchev–Trinajstić information content (AvgIpc) is 2.53. The fourth-order valence-electron chi connectivity index (χ4n) is 2.15. The van der Waals surface area contributed by atoms with Gasteiger partial charge in [0, 0.05) is 30.7 Å². The first kappa shape index (κ1) is 12.0. The monoisotopic (exact) mass is 306 g/mol. The van der Waals surface area contributed by atoms with Gasteiger partial charge in [-0.25, -0.2) is 4.58 Å². The van der Waals surface area contributed by atoms with E-state index in [1.807, 2.05) is 0 Å². The number of rotatable bonds is 0. The van der Waals surface area contributed by atoms with Gasteiger partial charge in [0.25, 0.3) is 0 Å². The number of nitrogens with zero attached hydrogens (tertiary/aromatic N) is 1. The van der Waals surface area contributed by atoms with E-state index in [0.717, 1.165) is 6.42 Å². The molecule has 80 valence electrons. The maximum Gasteiger partial charge on any atom is 0.179 e. The first-order valence-electron chi connectivity index (χ1n) is 5.22. The van der Waals surface area contributed by atoms with Crippen LogP contribution < -0.4 is 29.3 Å². The minimum absolute atomic E-state index is 0. The fourth-order valence-corrected chi connectivity index (χ4v) is 2.15. The third-order valence-corrected chi connectivity index (χ3v) is 2.89. The van der Waals surface area contributed by atoms with Crippen molar-refractivity contribution in [2.45, 2.75) is 38.6 Å². The lowest BCUT2D eigenvalue weighted by Gasteiger charge is -2.27. The number of nitrogens with one attached hydrogen (secondary N) is 1. The molecule has 1 saturated heterocycles. The smallest absolute Gasteiger partial charge is 0.179 e. The Bertz CT molecular complexity index is 258. The molecule has 2 aliphatic heterocycles. The molecule has 0 spiro atoms. The SMILES string of the molecule is CC1(C)CC(=[N+]2CCCC2)C=CN1.[I-]. The number of hydrogen-bond acceptors (Lipinski definition) is 1. The predicted octanol–water partition coefficient (Wildman–Crippen LogP) is -1.48. The van der Waals surface area contributed by atoms with Crippen molar-refractivity contribution >= 4 is 5.71 Å². The van der Waals surface area contributed by atoms with Crippen LogP contribution in [0, 0.1) is 0 Å². The fraction of sp³-hybridized carbons (Fsp3) is 0.727. The number of allylic oxidation sites excluding steroid dienone is 1. The van der Waals surface area contributed by atoms with E-state index >= 15 is 0 Å². The zero-order chi connectivity index (χ0) is 9.31. The van der Waals surface area contributed by atoms with E-state index in [1.54, 1.807) is 0 Å². The van der Waals surface area contributed by atoms with E-state index in [9.17, 15) is 0 Å². The Morgan fingerprint density at radius 2 is 1.93 bits per heavy atom. The molecule has 0 bridgehead atoms. The highest BCUT2D eigenvalue weighted by molar-refractivity contribution is 5.92. The van der Waals surface area contributed by atoms with E-state index in [-0.39, 0.29) is 29.5 Å². The molecule has 2 heterocycles. The summed E-state index contributed by atoms with van der Waals surface area (Å²) in [6.45, 7) is 7.03. The maximum absolute atomic E-state index is 3.38. The van der Waals surface area contributed by atoms with E-state index in [0.29, 0.717) is 0 Å². The molecule has 0 radical (unpaired) electrons. The standard InChI is InChI=1S/C11H18N2.HI/c1-11(2)9-10(5-6-12-11)13-7-3-4-8-13;/h5-6H,3-4,7-9H2,1-2H3;1H. The van der Waals surface area contributed by atoms with Crippen LogP contribution in [-0.4, -0.2) is 28.9 Å². The van der Waals surface area contributed by atoms with E-state index in [1.165, 1.54) is 31.6 Å². The van der Waals surface area contributed by atoms with Crippen LogP contribution in [0.2, 0.25) is 0 Å². The number of halogens is 1. The third-order valence-electron chi connectivity index (χ3n) is 2.89. The van der Waals surface area contributed by atoms with Crippen molar-refractivity contribution in [3.63, 3.8) is 0 Å². The zero-order valence-corrected chi connectivity index (χ0v) is 11.2. The highest BCUT2D eigenvalue weighted by atomic mass is 127. The predicted molar refractivity (Wildman–Crippen MR) is 55.2 cm³/mol. The Kier molecular flexibility index (Phi) is 3.98. The summed E-state index contributed by atoms with van der Waals surface area (Å²) in [7, 11) is 0. The normalized spacial score (nSPS) is 24.4. The molecule has 3 heteroatoms. The van der Waals surface area contributed by atoms with Crippen LogP contribution in [0.4, 0.5) is 0 Å². The summed E-state index contributed by atoms with van der Waals surface area (Å²) in [5, 5.41) is 3.38. The molecular formula is C11H19IN2. The number of hydrogen-bond donors (Lipinski definition) is 1.